The van der Waals surface area contributed by atoms with Crippen molar-refractivity contribution in [1.29, 1.82) is 0 Å². The van der Waals surface area contributed by atoms with E-state index in [9.17, 15) is 12.8 Å². The van der Waals surface area contributed by atoms with Gasteiger partial charge in [0.1, 0.15) is 16.6 Å². The standard InChI is InChI=1S/C12H12FN3O3S2/c1-7-5-15-11(19-7)6-16-21(17,18)8-2-3-10(13)9(4-8)12(14)20/h2-5,16H,6H2,1H3,(H2,14,20). The number of sulfonamides is 1. The third-order valence-electron chi connectivity index (χ3n) is 2.60. The molecule has 2 rings (SSSR count). The van der Waals surface area contributed by atoms with Gasteiger partial charge in [-0.1, -0.05) is 12.2 Å². The molecule has 112 valence electrons. The van der Waals surface area contributed by atoms with Crippen LogP contribution in [0.5, 0.6) is 0 Å². The Morgan fingerprint density at radius 1 is 1.52 bits per heavy atom. The summed E-state index contributed by atoms with van der Waals surface area (Å²) >= 11 is 4.67. The average molecular weight is 329 g/mol. The molecular formula is C12H12FN3O3S2. The van der Waals surface area contributed by atoms with Crippen LogP contribution in [0.2, 0.25) is 0 Å². The van der Waals surface area contributed by atoms with Crippen LogP contribution in [0.25, 0.3) is 0 Å². The summed E-state index contributed by atoms with van der Waals surface area (Å²) < 4.78 is 45.1. The molecule has 0 spiro atoms. The molecule has 0 aliphatic carbocycles. The number of aryl methyl sites for hydroxylation is 1. The number of halogens is 1. The van der Waals surface area contributed by atoms with E-state index in [-0.39, 0.29) is 27.9 Å². The minimum absolute atomic E-state index is 0.115. The molecule has 1 aromatic carbocycles. The van der Waals surface area contributed by atoms with E-state index in [1.165, 1.54) is 6.20 Å². The Morgan fingerprint density at radius 3 is 2.81 bits per heavy atom. The Balaban J connectivity index is 2.23. The predicted molar refractivity (Wildman–Crippen MR) is 77.6 cm³/mol. The van der Waals surface area contributed by atoms with Gasteiger partial charge < -0.3 is 10.2 Å². The summed E-state index contributed by atoms with van der Waals surface area (Å²) in [5.74, 6) is 0.124. The van der Waals surface area contributed by atoms with Crippen molar-refractivity contribution in [3.63, 3.8) is 0 Å². The minimum atomic E-state index is -3.85. The highest BCUT2D eigenvalue weighted by molar-refractivity contribution is 7.89. The van der Waals surface area contributed by atoms with Gasteiger partial charge in [0.15, 0.2) is 0 Å². The minimum Gasteiger partial charge on any atom is -0.445 e. The van der Waals surface area contributed by atoms with Gasteiger partial charge >= 0.3 is 0 Å². The topological polar surface area (TPSA) is 98.2 Å². The molecule has 0 saturated heterocycles. The molecule has 0 aliphatic heterocycles. The van der Waals surface area contributed by atoms with Gasteiger partial charge in [0.2, 0.25) is 15.9 Å². The molecule has 0 amide bonds. The van der Waals surface area contributed by atoms with Crippen molar-refractivity contribution in [1.82, 2.24) is 9.71 Å². The number of hydrogen-bond acceptors (Lipinski definition) is 5. The Labute approximate surface area is 126 Å². The van der Waals surface area contributed by atoms with E-state index >= 15 is 0 Å². The number of nitrogens with zero attached hydrogens (tertiary/aromatic N) is 1. The lowest BCUT2D eigenvalue weighted by molar-refractivity contribution is 0.463. The molecule has 0 atom stereocenters. The monoisotopic (exact) mass is 329 g/mol. The fourth-order valence-corrected chi connectivity index (χ4v) is 2.74. The Kier molecular flexibility index (Phi) is 4.35. The van der Waals surface area contributed by atoms with Crippen LogP contribution in [0.1, 0.15) is 17.2 Å². The lowest BCUT2D eigenvalue weighted by Crippen LogP contribution is -2.24. The van der Waals surface area contributed by atoms with Crippen LogP contribution in [0.4, 0.5) is 4.39 Å². The normalized spacial score (nSPS) is 11.5. The lowest BCUT2D eigenvalue weighted by atomic mass is 10.2. The number of nitrogens with one attached hydrogen (secondary N) is 1. The summed E-state index contributed by atoms with van der Waals surface area (Å²) in [6.07, 6.45) is 1.48. The molecule has 9 heteroatoms. The molecule has 1 aromatic heterocycles. The van der Waals surface area contributed by atoms with Crippen LogP contribution >= 0.6 is 12.2 Å². The van der Waals surface area contributed by atoms with Crippen LogP contribution in [0.15, 0.2) is 33.7 Å². The largest absolute Gasteiger partial charge is 0.445 e. The first-order valence-corrected chi connectivity index (χ1v) is 7.69. The summed E-state index contributed by atoms with van der Waals surface area (Å²) in [7, 11) is -3.85. The van der Waals surface area contributed by atoms with Crippen LogP contribution < -0.4 is 10.5 Å². The van der Waals surface area contributed by atoms with Crippen molar-refractivity contribution < 1.29 is 17.2 Å². The highest BCUT2D eigenvalue weighted by Crippen LogP contribution is 2.15. The molecule has 0 saturated carbocycles. The second kappa shape index (κ2) is 5.88. The number of nitrogens with two attached hydrogens (primary N) is 1. The summed E-state index contributed by atoms with van der Waals surface area (Å²) in [5.41, 5.74) is 5.22. The number of aromatic nitrogens is 1. The zero-order valence-corrected chi connectivity index (χ0v) is 12.6. The highest BCUT2D eigenvalue weighted by Gasteiger charge is 2.18. The van der Waals surface area contributed by atoms with E-state index in [2.05, 4.69) is 21.9 Å². The van der Waals surface area contributed by atoms with Crippen molar-refractivity contribution in [3.8, 4) is 0 Å². The molecule has 21 heavy (non-hydrogen) atoms. The first-order chi connectivity index (χ1) is 9.79. The molecule has 0 bridgehead atoms. The second-order valence-electron chi connectivity index (χ2n) is 4.20. The fourth-order valence-electron chi connectivity index (χ4n) is 1.58. The van der Waals surface area contributed by atoms with Gasteiger partial charge in [0, 0.05) is 5.56 Å². The maximum absolute atomic E-state index is 13.5. The van der Waals surface area contributed by atoms with Crippen molar-refractivity contribution in [2.75, 3.05) is 0 Å². The fraction of sp³-hybridized carbons (Fsp3) is 0.167. The summed E-state index contributed by atoms with van der Waals surface area (Å²) in [5, 5.41) is 0. The van der Waals surface area contributed by atoms with E-state index in [0.29, 0.717) is 5.76 Å². The van der Waals surface area contributed by atoms with E-state index in [0.717, 1.165) is 18.2 Å². The highest BCUT2D eigenvalue weighted by atomic mass is 32.2. The van der Waals surface area contributed by atoms with Crippen LogP contribution in [0.3, 0.4) is 0 Å². The van der Waals surface area contributed by atoms with Crippen molar-refractivity contribution in [2.24, 2.45) is 5.73 Å². The zero-order chi connectivity index (χ0) is 15.6. The van der Waals surface area contributed by atoms with Crippen LogP contribution in [0, 0.1) is 12.7 Å². The van der Waals surface area contributed by atoms with Gasteiger partial charge in [0.05, 0.1) is 17.6 Å². The molecular weight excluding hydrogens is 317 g/mol. The third-order valence-corrected chi connectivity index (χ3v) is 4.21. The number of benzene rings is 1. The summed E-state index contributed by atoms with van der Waals surface area (Å²) in [6, 6.07) is 3.21. The third kappa shape index (κ3) is 3.63. The summed E-state index contributed by atoms with van der Waals surface area (Å²) in [6.45, 7) is 1.58. The molecule has 6 nitrogen and oxygen atoms in total. The predicted octanol–water partition coefficient (Wildman–Crippen LogP) is 1.23. The maximum atomic E-state index is 13.5. The van der Waals surface area contributed by atoms with Crippen molar-refractivity contribution in [3.05, 3.63) is 47.4 Å². The Hall–Kier alpha value is -1.84. The van der Waals surface area contributed by atoms with Gasteiger partial charge in [-0.05, 0) is 25.1 Å². The van der Waals surface area contributed by atoms with Gasteiger partial charge in [0.25, 0.3) is 0 Å². The number of thiocarbonyl (C=S) groups is 1. The molecule has 0 fully saturated rings. The van der Waals surface area contributed by atoms with Gasteiger partial charge in [-0.2, -0.15) is 0 Å². The Morgan fingerprint density at radius 2 is 2.24 bits per heavy atom. The van der Waals surface area contributed by atoms with E-state index in [1.807, 2.05) is 0 Å². The summed E-state index contributed by atoms with van der Waals surface area (Å²) in [4.78, 5) is 3.52. The molecule has 1 heterocycles. The average Bonchev–Trinajstić information content (AvgIpc) is 2.82. The first kappa shape index (κ1) is 15.5. The molecule has 2 aromatic rings. The molecule has 0 unspecified atom stereocenters. The Bertz CT molecular complexity index is 787. The van der Waals surface area contributed by atoms with E-state index < -0.39 is 15.8 Å². The lowest BCUT2D eigenvalue weighted by Gasteiger charge is -2.07. The maximum Gasteiger partial charge on any atom is 0.241 e. The van der Waals surface area contributed by atoms with Gasteiger partial charge in [-0.25, -0.2) is 22.5 Å². The SMILES string of the molecule is Cc1cnc(CNS(=O)(=O)c2ccc(F)c(C(N)=S)c2)o1. The van der Waals surface area contributed by atoms with Gasteiger partial charge in [-0.15, -0.1) is 0 Å². The van der Waals surface area contributed by atoms with Crippen molar-refractivity contribution >= 4 is 27.2 Å². The molecule has 0 aliphatic rings. The van der Waals surface area contributed by atoms with E-state index in [1.54, 1.807) is 6.92 Å². The van der Waals surface area contributed by atoms with Crippen molar-refractivity contribution in [2.45, 2.75) is 18.4 Å². The number of oxazole rings is 1. The first-order valence-electron chi connectivity index (χ1n) is 5.80. The number of hydrogen-bond donors (Lipinski definition) is 2. The van der Waals surface area contributed by atoms with Gasteiger partial charge in [-0.3, -0.25) is 0 Å². The van der Waals surface area contributed by atoms with Crippen LogP contribution in [-0.2, 0) is 16.6 Å². The molecule has 0 radical (unpaired) electrons. The number of rotatable bonds is 5. The second-order valence-corrected chi connectivity index (χ2v) is 6.40. The quantitative estimate of drug-likeness (QED) is 0.801. The van der Waals surface area contributed by atoms with Crippen LogP contribution in [-0.4, -0.2) is 18.4 Å². The van der Waals surface area contributed by atoms with E-state index in [4.69, 9.17) is 10.2 Å². The smallest absolute Gasteiger partial charge is 0.241 e. The zero-order valence-electron chi connectivity index (χ0n) is 11.0. The molecule has 3 N–H and O–H groups in total.